The predicted molar refractivity (Wildman–Crippen MR) is 101 cm³/mol. The zero-order valence-electron chi connectivity index (χ0n) is 13.4. The van der Waals surface area contributed by atoms with E-state index in [1.54, 1.807) is 23.0 Å². The van der Waals surface area contributed by atoms with E-state index in [0.29, 0.717) is 28.3 Å². The highest BCUT2D eigenvalue weighted by Crippen LogP contribution is 2.25. The predicted octanol–water partition coefficient (Wildman–Crippen LogP) is 4.84. The summed E-state index contributed by atoms with van der Waals surface area (Å²) in [6, 6.07) is 14.7. The van der Waals surface area contributed by atoms with Crippen molar-refractivity contribution in [3.05, 3.63) is 76.9 Å². The average Bonchev–Trinajstić information content (AvgIpc) is 3.33. The molecule has 0 radical (unpaired) electrons. The number of benzene rings is 2. The molecule has 6 nitrogen and oxygen atoms in total. The summed E-state index contributed by atoms with van der Waals surface area (Å²) in [6.07, 6.45) is 3.58. The summed E-state index contributed by atoms with van der Waals surface area (Å²) in [5, 5.41) is 12.8. The lowest BCUT2D eigenvalue weighted by atomic mass is 10.2. The molecule has 130 valence electrons. The van der Waals surface area contributed by atoms with E-state index in [2.05, 4.69) is 20.6 Å². The molecule has 2 aromatic heterocycles. The number of rotatable bonds is 5. The van der Waals surface area contributed by atoms with Crippen LogP contribution in [0.25, 0.3) is 17.1 Å². The average molecular weight is 386 g/mol. The highest BCUT2D eigenvalue weighted by Gasteiger charge is 2.11. The minimum absolute atomic E-state index is 0.356. The van der Waals surface area contributed by atoms with E-state index in [0.717, 1.165) is 16.9 Å². The monoisotopic (exact) mass is 385 g/mol. The molecule has 0 atom stereocenters. The van der Waals surface area contributed by atoms with Crippen LogP contribution in [-0.4, -0.2) is 19.9 Å². The highest BCUT2D eigenvalue weighted by atomic mass is 35.5. The van der Waals surface area contributed by atoms with Gasteiger partial charge in [-0.15, -0.1) is 0 Å². The second-order valence-corrected chi connectivity index (χ2v) is 6.36. The second-order valence-electron chi connectivity index (χ2n) is 5.48. The molecular formula is C18H13Cl2N5O. The fourth-order valence-electron chi connectivity index (χ4n) is 2.47. The number of hydrogen-bond acceptors (Lipinski definition) is 5. The number of nitrogens with zero attached hydrogens (tertiary/aromatic N) is 4. The molecule has 26 heavy (non-hydrogen) atoms. The summed E-state index contributed by atoms with van der Waals surface area (Å²) in [5.74, 6) is 0.971. The van der Waals surface area contributed by atoms with E-state index in [1.165, 1.54) is 0 Å². The maximum Gasteiger partial charge on any atom is 0.246 e. The Labute approximate surface area is 159 Å². The minimum atomic E-state index is 0.356. The first-order valence-corrected chi connectivity index (χ1v) is 8.56. The van der Waals surface area contributed by atoms with Crippen LogP contribution in [0.3, 0.4) is 0 Å². The van der Waals surface area contributed by atoms with E-state index < -0.39 is 0 Å². The van der Waals surface area contributed by atoms with Crippen molar-refractivity contribution in [2.45, 2.75) is 6.54 Å². The Morgan fingerprint density at radius 3 is 2.62 bits per heavy atom. The Balaban J connectivity index is 1.53. The molecule has 8 heteroatoms. The van der Waals surface area contributed by atoms with Crippen LogP contribution < -0.4 is 5.32 Å². The van der Waals surface area contributed by atoms with E-state index in [-0.39, 0.29) is 0 Å². The molecule has 4 aromatic rings. The van der Waals surface area contributed by atoms with Gasteiger partial charge in [-0.3, -0.25) is 0 Å². The first-order valence-electron chi connectivity index (χ1n) is 7.81. The summed E-state index contributed by atoms with van der Waals surface area (Å²) >= 11 is 12.0. The number of halogens is 2. The zero-order chi connectivity index (χ0) is 17.9. The first kappa shape index (κ1) is 16.6. The van der Waals surface area contributed by atoms with Crippen LogP contribution in [0, 0.1) is 0 Å². The van der Waals surface area contributed by atoms with Crippen molar-refractivity contribution in [1.82, 2.24) is 19.9 Å². The van der Waals surface area contributed by atoms with Gasteiger partial charge in [-0.2, -0.15) is 10.1 Å². The Morgan fingerprint density at radius 2 is 1.85 bits per heavy atom. The number of anilines is 1. The first-order chi connectivity index (χ1) is 12.7. The van der Waals surface area contributed by atoms with Gasteiger partial charge in [-0.05, 0) is 48.5 Å². The van der Waals surface area contributed by atoms with Crippen LogP contribution in [0.4, 0.5) is 5.69 Å². The molecule has 0 unspecified atom stereocenters. The lowest BCUT2D eigenvalue weighted by molar-refractivity contribution is 0.384. The molecule has 0 bridgehead atoms. The molecular weight excluding hydrogens is 373 g/mol. The fraction of sp³-hybridized carbons (Fsp3) is 0.0556. The van der Waals surface area contributed by atoms with Gasteiger partial charge in [0, 0.05) is 28.0 Å². The van der Waals surface area contributed by atoms with Gasteiger partial charge < -0.3 is 9.84 Å². The van der Waals surface area contributed by atoms with Crippen LogP contribution in [0.5, 0.6) is 0 Å². The van der Waals surface area contributed by atoms with Gasteiger partial charge in [0.15, 0.2) is 0 Å². The van der Waals surface area contributed by atoms with Crippen LogP contribution in [-0.2, 0) is 6.54 Å². The summed E-state index contributed by atoms with van der Waals surface area (Å²) in [5.41, 5.74) is 2.52. The molecule has 0 fully saturated rings. The number of nitrogens with one attached hydrogen (secondary N) is 1. The number of aromatic nitrogens is 4. The SMILES string of the molecule is Clc1ccc(-c2noc(CNc3cc(Cl)ccc3-n3cccn3)n2)cc1. The molecule has 0 aliphatic rings. The Hall–Kier alpha value is -2.83. The van der Waals surface area contributed by atoms with Gasteiger partial charge in [0.2, 0.25) is 11.7 Å². The van der Waals surface area contributed by atoms with Gasteiger partial charge in [-0.25, -0.2) is 4.68 Å². The largest absolute Gasteiger partial charge is 0.374 e. The summed E-state index contributed by atoms with van der Waals surface area (Å²) in [6.45, 7) is 0.356. The van der Waals surface area contributed by atoms with Crippen molar-refractivity contribution in [3.63, 3.8) is 0 Å². The Bertz CT molecular complexity index is 1010. The van der Waals surface area contributed by atoms with E-state index >= 15 is 0 Å². The van der Waals surface area contributed by atoms with Crippen LogP contribution in [0.2, 0.25) is 10.0 Å². The molecule has 0 spiro atoms. The molecule has 4 rings (SSSR count). The van der Waals surface area contributed by atoms with Gasteiger partial charge in [0.1, 0.15) is 0 Å². The van der Waals surface area contributed by atoms with Crippen LogP contribution in [0.1, 0.15) is 5.89 Å². The smallest absolute Gasteiger partial charge is 0.246 e. The van der Waals surface area contributed by atoms with Crippen molar-refractivity contribution >= 4 is 28.9 Å². The van der Waals surface area contributed by atoms with Gasteiger partial charge in [0.25, 0.3) is 0 Å². The lowest BCUT2D eigenvalue weighted by Crippen LogP contribution is -2.05. The highest BCUT2D eigenvalue weighted by molar-refractivity contribution is 6.31. The summed E-state index contributed by atoms with van der Waals surface area (Å²) in [7, 11) is 0. The van der Waals surface area contributed by atoms with Crippen molar-refractivity contribution in [3.8, 4) is 17.1 Å². The molecule has 0 aliphatic carbocycles. The van der Waals surface area contributed by atoms with Crippen molar-refractivity contribution < 1.29 is 4.52 Å². The Morgan fingerprint density at radius 1 is 1.04 bits per heavy atom. The quantitative estimate of drug-likeness (QED) is 0.532. The van der Waals surface area contributed by atoms with Crippen LogP contribution >= 0.6 is 23.2 Å². The summed E-state index contributed by atoms with van der Waals surface area (Å²) < 4.78 is 7.08. The fourth-order valence-corrected chi connectivity index (χ4v) is 2.77. The van der Waals surface area contributed by atoms with Crippen molar-refractivity contribution in [1.29, 1.82) is 0 Å². The standard InChI is InChI=1S/C18H13Cl2N5O/c19-13-4-2-12(3-5-13)18-23-17(26-24-18)11-21-15-10-14(20)6-7-16(15)25-9-1-8-22-25/h1-10,21H,11H2. The zero-order valence-corrected chi connectivity index (χ0v) is 14.9. The molecule has 2 heterocycles. The van der Waals surface area contributed by atoms with E-state index in [4.69, 9.17) is 27.7 Å². The van der Waals surface area contributed by atoms with Gasteiger partial charge in [0.05, 0.1) is 17.9 Å². The van der Waals surface area contributed by atoms with Gasteiger partial charge >= 0.3 is 0 Å². The normalized spacial score (nSPS) is 10.8. The van der Waals surface area contributed by atoms with E-state index in [1.807, 2.05) is 42.6 Å². The maximum absolute atomic E-state index is 6.13. The summed E-state index contributed by atoms with van der Waals surface area (Å²) in [4.78, 5) is 4.40. The molecule has 2 aromatic carbocycles. The minimum Gasteiger partial charge on any atom is -0.374 e. The van der Waals surface area contributed by atoms with Crippen LogP contribution in [0.15, 0.2) is 65.4 Å². The van der Waals surface area contributed by atoms with Crippen molar-refractivity contribution in [2.75, 3.05) is 5.32 Å². The molecule has 0 saturated carbocycles. The lowest BCUT2D eigenvalue weighted by Gasteiger charge is -2.11. The Kier molecular flexibility index (Phi) is 4.60. The molecule has 1 N–H and O–H groups in total. The maximum atomic E-state index is 6.13. The third-order valence-electron chi connectivity index (χ3n) is 3.71. The third-order valence-corrected chi connectivity index (χ3v) is 4.20. The van der Waals surface area contributed by atoms with Gasteiger partial charge in [-0.1, -0.05) is 28.4 Å². The third kappa shape index (κ3) is 3.56. The molecule has 0 saturated heterocycles. The number of hydrogen-bond donors (Lipinski definition) is 1. The second kappa shape index (κ2) is 7.19. The topological polar surface area (TPSA) is 68.8 Å². The van der Waals surface area contributed by atoms with E-state index in [9.17, 15) is 0 Å². The molecule has 0 aliphatic heterocycles. The molecule has 0 amide bonds. The van der Waals surface area contributed by atoms with Crippen molar-refractivity contribution in [2.24, 2.45) is 0 Å².